The maximum absolute atomic E-state index is 11.6. The molecule has 0 spiro atoms. The number of carbonyl (C=O) groups is 1. The summed E-state index contributed by atoms with van der Waals surface area (Å²) >= 11 is 0. The molecule has 0 aliphatic rings. The number of hydrogen-bond donors (Lipinski definition) is 1. The van der Waals surface area contributed by atoms with Crippen LogP contribution < -0.4 is 0 Å². The van der Waals surface area contributed by atoms with Crippen LogP contribution in [0, 0.1) is 0 Å². The average molecular weight is 220 g/mol. The number of carbonyl (C=O) groups excluding carboxylic acids is 1. The molecule has 0 aromatic carbocycles. The SMILES string of the molecule is CCOC(=O)c1nn(C)cc1-c1cnc[nH]1. The molecule has 0 aliphatic heterocycles. The summed E-state index contributed by atoms with van der Waals surface area (Å²) in [6.07, 6.45) is 4.94. The van der Waals surface area contributed by atoms with Gasteiger partial charge >= 0.3 is 5.97 Å². The molecule has 6 heteroatoms. The molecule has 2 aromatic heterocycles. The highest BCUT2D eigenvalue weighted by atomic mass is 16.5. The highest BCUT2D eigenvalue weighted by molar-refractivity contribution is 5.94. The molecule has 16 heavy (non-hydrogen) atoms. The molecule has 0 unspecified atom stereocenters. The van der Waals surface area contributed by atoms with Crippen LogP contribution in [0.3, 0.4) is 0 Å². The predicted octanol–water partition coefficient (Wildman–Crippen LogP) is 0.987. The number of hydrogen-bond acceptors (Lipinski definition) is 4. The molecule has 1 N–H and O–H groups in total. The summed E-state index contributed by atoms with van der Waals surface area (Å²) in [5, 5.41) is 4.08. The van der Waals surface area contributed by atoms with Gasteiger partial charge in [-0.05, 0) is 6.92 Å². The Hall–Kier alpha value is -2.11. The van der Waals surface area contributed by atoms with Crippen molar-refractivity contribution in [3.8, 4) is 11.3 Å². The minimum absolute atomic E-state index is 0.300. The Bertz CT molecular complexity index is 487. The van der Waals surface area contributed by atoms with E-state index in [0.717, 1.165) is 5.69 Å². The first-order chi connectivity index (χ1) is 7.72. The monoisotopic (exact) mass is 220 g/mol. The first-order valence-corrected chi connectivity index (χ1v) is 4.92. The van der Waals surface area contributed by atoms with Crippen LogP contribution in [0.15, 0.2) is 18.7 Å². The molecule has 2 rings (SSSR count). The van der Waals surface area contributed by atoms with Gasteiger partial charge in [-0.15, -0.1) is 0 Å². The summed E-state index contributed by atoms with van der Waals surface area (Å²) in [5.74, 6) is -0.423. The Kier molecular flexibility index (Phi) is 2.72. The number of nitrogens with one attached hydrogen (secondary N) is 1. The lowest BCUT2D eigenvalue weighted by Gasteiger charge is -1.99. The maximum Gasteiger partial charge on any atom is 0.359 e. The van der Waals surface area contributed by atoms with E-state index in [9.17, 15) is 4.79 Å². The first kappa shape index (κ1) is 10.4. The minimum Gasteiger partial charge on any atom is -0.461 e. The van der Waals surface area contributed by atoms with Crippen LogP contribution in [0.2, 0.25) is 0 Å². The van der Waals surface area contributed by atoms with Crippen molar-refractivity contribution in [2.24, 2.45) is 7.05 Å². The lowest BCUT2D eigenvalue weighted by Crippen LogP contribution is -2.07. The van der Waals surface area contributed by atoms with Crippen molar-refractivity contribution in [3.05, 3.63) is 24.4 Å². The van der Waals surface area contributed by atoms with Gasteiger partial charge in [0.2, 0.25) is 0 Å². The Morgan fingerprint density at radius 1 is 1.62 bits per heavy atom. The second-order valence-corrected chi connectivity index (χ2v) is 3.25. The molecule has 2 heterocycles. The molecule has 0 aliphatic carbocycles. The third kappa shape index (κ3) is 1.81. The molecular weight excluding hydrogens is 208 g/mol. The molecule has 0 amide bonds. The van der Waals surface area contributed by atoms with E-state index in [-0.39, 0.29) is 0 Å². The standard InChI is InChI=1S/C10H12N4O2/c1-3-16-10(15)9-7(5-14(2)13-9)8-4-11-6-12-8/h4-6H,3H2,1-2H3,(H,11,12). The lowest BCUT2D eigenvalue weighted by atomic mass is 10.2. The smallest absolute Gasteiger partial charge is 0.359 e. The highest BCUT2D eigenvalue weighted by Gasteiger charge is 2.18. The highest BCUT2D eigenvalue weighted by Crippen LogP contribution is 2.20. The third-order valence-electron chi connectivity index (χ3n) is 2.09. The van der Waals surface area contributed by atoms with Gasteiger partial charge in [0.1, 0.15) is 0 Å². The van der Waals surface area contributed by atoms with Gasteiger partial charge in [-0.1, -0.05) is 0 Å². The summed E-state index contributed by atoms with van der Waals surface area (Å²) in [7, 11) is 1.75. The van der Waals surface area contributed by atoms with Crippen LogP contribution in [-0.2, 0) is 11.8 Å². The zero-order valence-corrected chi connectivity index (χ0v) is 9.10. The summed E-state index contributed by atoms with van der Waals surface area (Å²) in [6.45, 7) is 2.09. The number of ether oxygens (including phenoxy) is 1. The topological polar surface area (TPSA) is 72.8 Å². The number of aromatic nitrogens is 4. The molecule has 6 nitrogen and oxygen atoms in total. The van der Waals surface area contributed by atoms with Crippen molar-refractivity contribution in [2.75, 3.05) is 6.61 Å². The molecule has 0 atom stereocenters. The van der Waals surface area contributed by atoms with Gasteiger partial charge in [0.05, 0.1) is 30.4 Å². The van der Waals surface area contributed by atoms with Gasteiger partial charge in [-0.25, -0.2) is 9.78 Å². The molecular formula is C10H12N4O2. The number of H-pyrrole nitrogens is 1. The fourth-order valence-electron chi connectivity index (χ4n) is 1.44. The maximum atomic E-state index is 11.6. The molecule has 84 valence electrons. The van der Waals surface area contributed by atoms with Crippen LogP contribution >= 0.6 is 0 Å². The van der Waals surface area contributed by atoms with Crippen molar-refractivity contribution in [2.45, 2.75) is 6.92 Å². The Morgan fingerprint density at radius 3 is 3.06 bits per heavy atom. The molecule has 0 saturated carbocycles. The van der Waals surface area contributed by atoms with Gasteiger partial charge in [0.25, 0.3) is 0 Å². The minimum atomic E-state index is -0.423. The summed E-state index contributed by atoms with van der Waals surface area (Å²) < 4.78 is 6.50. The molecule has 0 radical (unpaired) electrons. The number of aryl methyl sites for hydroxylation is 1. The fraction of sp³-hybridized carbons (Fsp3) is 0.300. The molecule has 0 saturated heterocycles. The normalized spacial score (nSPS) is 10.4. The van der Waals surface area contributed by atoms with E-state index >= 15 is 0 Å². The summed E-state index contributed by atoms with van der Waals surface area (Å²) in [4.78, 5) is 18.5. The number of nitrogens with zero attached hydrogens (tertiary/aromatic N) is 3. The van der Waals surface area contributed by atoms with Crippen LogP contribution in [0.25, 0.3) is 11.3 Å². The number of esters is 1. The Balaban J connectivity index is 2.42. The van der Waals surface area contributed by atoms with Gasteiger partial charge in [0.15, 0.2) is 5.69 Å². The first-order valence-electron chi connectivity index (χ1n) is 4.92. The largest absolute Gasteiger partial charge is 0.461 e. The second-order valence-electron chi connectivity index (χ2n) is 3.25. The van der Waals surface area contributed by atoms with E-state index in [0.29, 0.717) is 17.9 Å². The summed E-state index contributed by atoms with van der Waals surface area (Å²) in [6, 6.07) is 0. The molecule has 2 aromatic rings. The van der Waals surface area contributed by atoms with E-state index in [4.69, 9.17) is 4.74 Å². The average Bonchev–Trinajstić information content (AvgIpc) is 2.85. The zero-order chi connectivity index (χ0) is 11.5. The number of aromatic amines is 1. The quantitative estimate of drug-likeness (QED) is 0.783. The summed E-state index contributed by atoms with van der Waals surface area (Å²) in [5.41, 5.74) is 1.74. The van der Waals surface area contributed by atoms with E-state index in [2.05, 4.69) is 15.1 Å². The zero-order valence-electron chi connectivity index (χ0n) is 9.10. The molecule has 0 fully saturated rings. The van der Waals surface area contributed by atoms with E-state index in [1.807, 2.05) is 0 Å². The van der Waals surface area contributed by atoms with Crippen molar-refractivity contribution >= 4 is 5.97 Å². The van der Waals surface area contributed by atoms with Crippen molar-refractivity contribution in [3.63, 3.8) is 0 Å². The van der Waals surface area contributed by atoms with Crippen molar-refractivity contribution in [1.29, 1.82) is 0 Å². The van der Waals surface area contributed by atoms with Crippen LogP contribution in [0.5, 0.6) is 0 Å². The van der Waals surface area contributed by atoms with Crippen LogP contribution in [0.4, 0.5) is 0 Å². The van der Waals surface area contributed by atoms with Gasteiger partial charge in [0, 0.05) is 13.2 Å². The number of rotatable bonds is 3. The van der Waals surface area contributed by atoms with Crippen LogP contribution in [0.1, 0.15) is 17.4 Å². The number of imidazole rings is 1. The fourth-order valence-corrected chi connectivity index (χ4v) is 1.44. The Morgan fingerprint density at radius 2 is 2.44 bits per heavy atom. The van der Waals surface area contributed by atoms with Gasteiger partial charge in [-0.3, -0.25) is 4.68 Å². The van der Waals surface area contributed by atoms with E-state index in [1.165, 1.54) is 0 Å². The second kappa shape index (κ2) is 4.18. The predicted molar refractivity (Wildman–Crippen MR) is 56.7 cm³/mol. The Labute approximate surface area is 92.3 Å². The van der Waals surface area contributed by atoms with Crippen LogP contribution in [-0.4, -0.2) is 32.3 Å². The van der Waals surface area contributed by atoms with E-state index < -0.39 is 5.97 Å². The van der Waals surface area contributed by atoms with Crippen molar-refractivity contribution < 1.29 is 9.53 Å². The van der Waals surface area contributed by atoms with Crippen molar-refractivity contribution in [1.82, 2.24) is 19.7 Å². The lowest BCUT2D eigenvalue weighted by molar-refractivity contribution is 0.0519. The van der Waals surface area contributed by atoms with Gasteiger partial charge in [-0.2, -0.15) is 5.10 Å². The molecule has 0 bridgehead atoms. The van der Waals surface area contributed by atoms with E-state index in [1.54, 1.807) is 37.4 Å². The third-order valence-corrected chi connectivity index (χ3v) is 2.09. The van der Waals surface area contributed by atoms with Gasteiger partial charge < -0.3 is 9.72 Å².